The average molecular weight is 316 g/mol. The summed E-state index contributed by atoms with van der Waals surface area (Å²) in [5.41, 5.74) is 1.26. The molecule has 0 aliphatic rings. The summed E-state index contributed by atoms with van der Waals surface area (Å²) in [7, 11) is 0. The molecule has 1 unspecified atom stereocenters. The Balaban J connectivity index is 1.57. The number of nitrogens with zero attached hydrogens (tertiary/aromatic N) is 4. The first-order chi connectivity index (χ1) is 10.7. The zero-order valence-corrected chi connectivity index (χ0v) is 13.2. The number of hydrogen-bond donors (Lipinski definition) is 0. The molecule has 1 aromatic carbocycles. The fourth-order valence-corrected chi connectivity index (χ4v) is 2.68. The van der Waals surface area contributed by atoms with E-state index in [0.29, 0.717) is 34.6 Å². The van der Waals surface area contributed by atoms with Crippen molar-refractivity contribution in [3.8, 4) is 0 Å². The van der Waals surface area contributed by atoms with Crippen molar-refractivity contribution in [2.45, 2.75) is 37.2 Å². The van der Waals surface area contributed by atoms with Gasteiger partial charge in [0.25, 0.3) is 5.22 Å². The van der Waals surface area contributed by atoms with Gasteiger partial charge in [0.15, 0.2) is 0 Å². The minimum Gasteiger partial charge on any atom is -0.425 e. The maximum atomic E-state index is 5.66. The van der Waals surface area contributed by atoms with Gasteiger partial charge < -0.3 is 8.83 Å². The first kappa shape index (κ1) is 14.8. The molecule has 6 nitrogen and oxygen atoms in total. The molecule has 0 spiro atoms. The third-order valence-electron chi connectivity index (χ3n) is 3.18. The van der Waals surface area contributed by atoms with Gasteiger partial charge >= 0.3 is 0 Å². The van der Waals surface area contributed by atoms with E-state index in [1.54, 1.807) is 6.92 Å². The molecule has 1 atom stereocenters. The lowest BCUT2D eigenvalue weighted by Gasteiger charge is -2.08. The van der Waals surface area contributed by atoms with Crippen LogP contribution in [0.2, 0.25) is 0 Å². The van der Waals surface area contributed by atoms with E-state index in [4.69, 9.17) is 8.83 Å². The predicted molar refractivity (Wildman–Crippen MR) is 81.5 cm³/mol. The molecule has 2 heterocycles. The summed E-state index contributed by atoms with van der Waals surface area (Å²) in [5.74, 6) is 2.61. The summed E-state index contributed by atoms with van der Waals surface area (Å²) in [5, 5.41) is 16.4. The van der Waals surface area contributed by atoms with Crippen molar-refractivity contribution in [2.75, 3.05) is 0 Å². The molecule has 0 saturated carbocycles. The van der Waals surface area contributed by atoms with Gasteiger partial charge in [-0.15, -0.1) is 20.4 Å². The normalized spacial score (nSPS) is 12.5. The van der Waals surface area contributed by atoms with Crippen LogP contribution in [-0.4, -0.2) is 20.4 Å². The molecule has 0 saturated heterocycles. The fourth-order valence-electron chi connectivity index (χ4n) is 2.06. The fraction of sp³-hybridized carbons (Fsp3) is 0.333. The zero-order valence-electron chi connectivity index (χ0n) is 12.4. The Labute approximate surface area is 132 Å². The van der Waals surface area contributed by atoms with Crippen LogP contribution in [-0.2, 0) is 12.2 Å². The van der Waals surface area contributed by atoms with Gasteiger partial charge in [-0.3, -0.25) is 0 Å². The van der Waals surface area contributed by atoms with Crippen LogP contribution in [0.3, 0.4) is 0 Å². The van der Waals surface area contributed by atoms with E-state index in [-0.39, 0.29) is 0 Å². The Morgan fingerprint density at radius 2 is 1.77 bits per heavy atom. The second kappa shape index (κ2) is 6.74. The van der Waals surface area contributed by atoms with Crippen molar-refractivity contribution in [1.82, 2.24) is 20.4 Å². The molecule has 7 heteroatoms. The quantitative estimate of drug-likeness (QED) is 0.645. The highest BCUT2D eigenvalue weighted by Crippen LogP contribution is 2.24. The molecular formula is C15H16N4O2S. The van der Waals surface area contributed by atoms with Crippen molar-refractivity contribution in [1.29, 1.82) is 0 Å². The van der Waals surface area contributed by atoms with Crippen LogP contribution in [0.4, 0.5) is 0 Å². The lowest BCUT2D eigenvalue weighted by molar-refractivity contribution is 0.404. The van der Waals surface area contributed by atoms with Crippen molar-refractivity contribution in [2.24, 2.45) is 0 Å². The number of rotatable bonds is 6. The van der Waals surface area contributed by atoms with Gasteiger partial charge in [-0.25, -0.2) is 0 Å². The lowest BCUT2D eigenvalue weighted by atomic mass is 9.98. The van der Waals surface area contributed by atoms with Gasteiger partial charge in [0, 0.05) is 13.3 Å². The zero-order chi connectivity index (χ0) is 15.4. The number of thioether (sulfide) groups is 1. The van der Waals surface area contributed by atoms with Crippen LogP contribution in [0.15, 0.2) is 44.4 Å². The molecular weight excluding hydrogens is 300 g/mol. The molecule has 0 aliphatic heterocycles. The molecule has 0 fully saturated rings. The number of aromatic nitrogens is 4. The van der Waals surface area contributed by atoms with Crippen LogP contribution in [0, 0.1) is 6.92 Å². The van der Waals surface area contributed by atoms with Gasteiger partial charge in [0.1, 0.15) is 0 Å². The van der Waals surface area contributed by atoms with Crippen molar-refractivity contribution in [3.63, 3.8) is 0 Å². The van der Waals surface area contributed by atoms with Gasteiger partial charge in [-0.1, -0.05) is 49.0 Å². The molecule has 0 radical (unpaired) electrons. The van der Waals surface area contributed by atoms with Crippen molar-refractivity contribution in [3.05, 3.63) is 53.6 Å². The minimum atomic E-state index is 0.332. The molecule has 2 aromatic heterocycles. The summed E-state index contributed by atoms with van der Waals surface area (Å²) in [4.78, 5) is 0. The maximum Gasteiger partial charge on any atom is 0.277 e. The predicted octanol–water partition coefficient (Wildman–Crippen LogP) is 3.40. The molecule has 0 N–H and O–H groups in total. The SMILES string of the molecule is Cc1nnc(CSc2nnc(CC(C)c3ccccc3)o2)o1. The van der Waals surface area contributed by atoms with Gasteiger partial charge in [-0.05, 0) is 11.5 Å². The van der Waals surface area contributed by atoms with E-state index in [0.717, 1.165) is 6.42 Å². The first-order valence-corrected chi connectivity index (χ1v) is 7.98. The topological polar surface area (TPSA) is 77.8 Å². The second-order valence-electron chi connectivity index (χ2n) is 4.98. The average Bonchev–Trinajstić information content (AvgIpc) is 3.15. The highest BCUT2D eigenvalue weighted by molar-refractivity contribution is 7.98. The van der Waals surface area contributed by atoms with Gasteiger partial charge in [0.2, 0.25) is 17.7 Å². The third-order valence-corrected chi connectivity index (χ3v) is 3.99. The summed E-state index contributed by atoms with van der Waals surface area (Å²) in [6.45, 7) is 3.91. The molecule has 3 rings (SSSR count). The molecule has 0 amide bonds. The Morgan fingerprint density at radius 3 is 2.50 bits per heavy atom. The number of hydrogen-bond acceptors (Lipinski definition) is 7. The summed E-state index contributed by atoms with van der Waals surface area (Å²) in [6, 6.07) is 10.3. The number of benzene rings is 1. The molecule has 0 bridgehead atoms. The van der Waals surface area contributed by atoms with E-state index in [1.165, 1.54) is 17.3 Å². The molecule has 3 aromatic rings. The Bertz CT molecular complexity index is 726. The van der Waals surface area contributed by atoms with Gasteiger partial charge in [0.05, 0.1) is 5.75 Å². The highest BCUT2D eigenvalue weighted by Gasteiger charge is 2.13. The van der Waals surface area contributed by atoms with Crippen LogP contribution in [0.25, 0.3) is 0 Å². The maximum absolute atomic E-state index is 5.66. The van der Waals surface area contributed by atoms with Crippen molar-refractivity contribution < 1.29 is 8.83 Å². The smallest absolute Gasteiger partial charge is 0.277 e. The van der Waals surface area contributed by atoms with E-state index >= 15 is 0 Å². The minimum absolute atomic E-state index is 0.332. The van der Waals surface area contributed by atoms with E-state index in [9.17, 15) is 0 Å². The Morgan fingerprint density at radius 1 is 1.00 bits per heavy atom. The lowest BCUT2D eigenvalue weighted by Crippen LogP contribution is -1.98. The third kappa shape index (κ3) is 3.73. The Hall–Kier alpha value is -2.15. The largest absolute Gasteiger partial charge is 0.425 e. The second-order valence-corrected chi connectivity index (χ2v) is 5.91. The van der Waals surface area contributed by atoms with E-state index < -0.39 is 0 Å². The van der Waals surface area contributed by atoms with E-state index in [2.05, 4.69) is 39.5 Å². The Kier molecular flexibility index (Phi) is 4.53. The molecule has 114 valence electrons. The summed E-state index contributed by atoms with van der Waals surface area (Å²) in [6.07, 6.45) is 0.719. The monoisotopic (exact) mass is 316 g/mol. The van der Waals surface area contributed by atoms with Crippen molar-refractivity contribution >= 4 is 11.8 Å². The van der Waals surface area contributed by atoms with Gasteiger partial charge in [-0.2, -0.15) is 0 Å². The standard InChI is InChI=1S/C15H16N4O2S/c1-10(12-6-4-3-5-7-12)8-13-17-19-15(21-13)22-9-14-18-16-11(2)20-14/h3-7,10H,8-9H2,1-2H3. The first-order valence-electron chi connectivity index (χ1n) is 7.00. The highest BCUT2D eigenvalue weighted by atomic mass is 32.2. The summed E-state index contributed by atoms with van der Waals surface area (Å²) >= 11 is 1.39. The van der Waals surface area contributed by atoms with Crippen LogP contribution >= 0.6 is 11.8 Å². The van der Waals surface area contributed by atoms with E-state index in [1.807, 2.05) is 18.2 Å². The number of aryl methyl sites for hydroxylation is 1. The van der Waals surface area contributed by atoms with Crippen LogP contribution < -0.4 is 0 Å². The summed E-state index contributed by atoms with van der Waals surface area (Å²) < 4.78 is 11.0. The molecule has 0 aliphatic carbocycles. The molecule has 22 heavy (non-hydrogen) atoms. The van der Waals surface area contributed by atoms with Crippen LogP contribution in [0.5, 0.6) is 0 Å². The van der Waals surface area contributed by atoms with Crippen LogP contribution in [0.1, 0.15) is 36.1 Å².